The Morgan fingerprint density at radius 1 is 1.10 bits per heavy atom. The van der Waals surface area contributed by atoms with Gasteiger partial charge in [0.05, 0.1) is 24.1 Å². The van der Waals surface area contributed by atoms with Crippen molar-refractivity contribution in [1.82, 2.24) is 9.80 Å². The second kappa shape index (κ2) is 7.61. The molecule has 2 aromatic carbocycles. The molecule has 0 unspecified atom stereocenters. The van der Waals surface area contributed by atoms with E-state index in [1.165, 1.54) is 0 Å². The van der Waals surface area contributed by atoms with Crippen LogP contribution in [0.2, 0.25) is 0 Å². The third-order valence-electron chi connectivity index (χ3n) is 5.78. The Hall–Kier alpha value is -3.12. The fourth-order valence-corrected chi connectivity index (χ4v) is 3.97. The predicted molar refractivity (Wildman–Crippen MR) is 116 cm³/mol. The third kappa shape index (κ3) is 3.27. The van der Waals surface area contributed by atoms with Crippen LogP contribution < -0.4 is 10.2 Å². The van der Waals surface area contributed by atoms with Crippen LogP contribution in [0.15, 0.2) is 45.6 Å². The molecule has 1 amide bonds. The van der Waals surface area contributed by atoms with E-state index in [1.807, 2.05) is 69.2 Å². The number of rotatable bonds is 5. The highest BCUT2D eigenvalue weighted by atomic mass is 16.5. The number of amides is 1. The van der Waals surface area contributed by atoms with Crippen molar-refractivity contribution in [3.05, 3.63) is 74.6 Å². The van der Waals surface area contributed by atoms with Gasteiger partial charge in [-0.1, -0.05) is 12.1 Å². The average Bonchev–Trinajstić information content (AvgIpc) is 3.00. The first-order valence-electron chi connectivity index (χ1n) is 9.99. The summed E-state index contributed by atoms with van der Waals surface area (Å²) in [5.41, 5.74) is 3.57. The van der Waals surface area contributed by atoms with Crippen molar-refractivity contribution in [3.8, 4) is 5.75 Å². The van der Waals surface area contributed by atoms with Crippen molar-refractivity contribution in [2.24, 2.45) is 0 Å². The standard InChI is InChI=1S/C24H26N2O4/c1-14-11-18-19(12-15(14)2)30-23-20(22(18)27)21(16-7-6-8-17(13-16)29-5)26(24(23)28)10-9-25(3)4/h6-8,11-13,21H,9-10H2,1-5H3/t21-/m1/s1. The van der Waals surface area contributed by atoms with E-state index < -0.39 is 6.04 Å². The Morgan fingerprint density at radius 2 is 1.83 bits per heavy atom. The first-order chi connectivity index (χ1) is 14.3. The molecule has 1 aliphatic rings. The zero-order valence-electron chi connectivity index (χ0n) is 18.0. The highest BCUT2D eigenvalue weighted by Crippen LogP contribution is 2.39. The largest absolute Gasteiger partial charge is 0.497 e. The quantitative estimate of drug-likeness (QED) is 0.649. The van der Waals surface area contributed by atoms with E-state index >= 15 is 0 Å². The van der Waals surface area contributed by atoms with Crippen molar-refractivity contribution < 1.29 is 13.9 Å². The maximum atomic E-state index is 13.6. The van der Waals surface area contributed by atoms with Gasteiger partial charge in [0.25, 0.3) is 5.91 Å². The van der Waals surface area contributed by atoms with Gasteiger partial charge in [-0.15, -0.1) is 0 Å². The molecule has 1 aromatic heterocycles. The molecule has 0 aliphatic carbocycles. The lowest BCUT2D eigenvalue weighted by Crippen LogP contribution is -2.35. The maximum Gasteiger partial charge on any atom is 0.290 e. The Balaban J connectivity index is 1.96. The molecule has 1 aliphatic heterocycles. The summed E-state index contributed by atoms with van der Waals surface area (Å²) in [5, 5.41) is 0.506. The second-order valence-electron chi connectivity index (χ2n) is 8.09. The number of hydrogen-bond donors (Lipinski definition) is 0. The lowest BCUT2D eigenvalue weighted by atomic mass is 9.97. The summed E-state index contributed by atoms with van der Waals surface area (Å²) in [6, 6.07) is 10.7. The van der Waals surface area contributed by atoms with Crippen LogP contribution in [-0.2, 0) is 0 Å². The normalized spacial score (nSPS) is 15.9. The van der Waals surface area contributed by atoms with Gasteiger partial charge in [0, 0.05) is 13.1 Å². The van der Waals surface area contributed by atoms with Gasteiger partial charge in [0.1, 0.15) is 11.3 Å². The molecule has 2 heterocycles. The molecule has 156 valence electrons. The average molecular weight is 406 g/mol. The second-order valence-corrected chi connectivity index (χ2v) is 8.09. The molecule has 0 N–H and O–H groups in total. The molecular formula is C24H26N2O4. The van der Waals surface area contributed by atoms with Gasteiger partial charge in [-0.05, 0) is 68.9 Å². The maximum absolute atomic E-state index is 13.6. The Morgan fingerprint density at radius 3 is 2.53 bits per heavy atom. The van der Waals surface area contributed by atoms with Crippen molar-refractivity contribution in [3.63, 3.8) is 0 Å². The molecule has 0 radical (unpaired) electrons. The van der Waals surface area contributed by atoms with Gasteiger partial charge in [-0.25, -0.2) is 0 Å². The molecule has 0 saturated heterocycles. The molecule has 4 rings (SSSR count). The lowest BCUT2D eigenvalue weighted by molar-refractivity contribution is 0.0716. The number of aryl methyl sites for hydroxylation is 2. The van der Waals surface area contributed by atoms with Crippen molar-refractivity contribution in [1.29, 1.82) is 0 Å². The number of carbonyl (C=O) groups is 1. The van der Waals surface area contributed by atoms with Crippen LogP contribution in [0.4, 0.5) is 0 Å². The fourth-order valence-electron chi connectivity index (χ4n) is 3.97. The van der Waals surface area contributed by atoms with E-state index in [9.17, 15) is 9.59 Å². The summed E-state index contributed by atoms with van der Waals surface area (Å²) in [7, 11) is 5.51. The highest BCUT2D eigenvalue weighted by Gasteiger charge is 2.42. The summed E-state index contributed by atoms with van der Waals surface area (Å²) in [6.45, 7) is 5.08. The molecule has 1 atom stereocenters. The van der Waals surface area contributed by atoms with E-state index in [2.05, 4.69) is 0 Å². The molecule has 3 aromatic rings. The Labute approximate surface area is 175 Å². The van der Waals surface area contributed by atoms with Crippen LogP contribution in [0.5, 0.6) is 5.75 Å². The van der Waals surface area contributed by atoms with Crippen LogP contribution in [0.25, 0.3) is 11.0 Å². The summed E-state index contributed by atoms with van der Waals surface area (Å²) >= 11 is 0. The van der Waals surface area contributed by atoms with Crippen LogP contribution in [-0.4, -0.2) is 50.0 Å². The van der Waals surface area contributed by atoms with E-state index in [1.54, 1.807) is 12.0 Å². The Bertz CT molecular complexity index is 1200. The fraction of sp³-hybridized carbons (Fsp3) is 0.333. The monoisotopic (exact) mass is 406 g/mol. The van der Waals surface area contributed by atoms with Gasteiger partial charge < -0.3 is 19.0 Å². The topological polar surface area (TPSA) is 63.0 Å². The van der Waals surface area contributed by atoms with Crippen molar-refractivity contribution in [2.75, 3.05) is 34.3 Å². The molecule has 0 spiro atoms. The minimum Gasteiger partial charge on any atom is -0.497 e. The van der Waals surface area contributed by atoms with Gasteiger partial charge in [-0.2, -0.15) is 0 Å². The summed E-state index contributed by atoms with van der Waals surface area (Å²) < 4.78 is 11.4. The number of hydrogen-bond acceptors (Lipinski definition) is 5. The van der Waals surface area contributed by atoms with E-state index in [0.29, 0.717) is 35.4 Å². The first kappa shape index (κ1) is 20.2. The number of ether oxygens (including phenoxy) is 1. The molecule has 0 fully saturated rings. The molecule has 30 heavy (non-hydrogen) atoms. The number of likely N-dealkylation sites (N-methyl/N-ethyl adjacent to an activating group) is 1. The van der Waals surface area contributed by atoms with Crippen LogP contribution in [0.3, 0.4) is 0 Å². The molecule has 0 bridgehead atoms. The van der Waals surface area contributed by atoms with Crippen LogP contribution in [0, 0.1) is 13.8 Å². The molecule has 6 nitrogen and oxygen atoms in total. The lowest BCUT2D eigenvalue weighted by Gasteiger charge is -2.26. The zero-order valence-corrected chi connectivity index (χ0v) is 18.0. The van der Waals surface area contributed by atoms with Crippen LogP contribution in [0.1, 0.15) is 38.9 Å². The smallest absolute Gasteiger partial charge is 0.290 e. The van der Waals surface area contributed by atoms with Gasteiger partial charge in [0.15, 0.2) is 5.43 Å². The van der Waals surface area contributed by atoms with Crippen LogP contribution >= 0.6 is 0 Å². The highest BCUT2D eigenvalue weighted by molar-refractivity contribution is 5.99. The number of nitrogens with zero attached hydrogens (tertiary/aromatic N) is 2. The summed E-state index contributed by atoms with van der Waals surface area (Å²) in [5.74, 6) is 0.567. The van der Waals surface area contributed by atoms with E-state index in [4.69, 9.17) is 9.15 Å². The minimum absolute atomic E-state index is 0.141. The van der Waals surface area contributed by atoms with E-state index in [0.717, 1.165) is 16.7 Å². The molecular weight excluding hydrogens is 380 g/mol. The third-order valence-corrected chi connectivity index (χ3v) is 5.78. The zero-order chi connectivity index (χ0) is 21.6. The minimum atomic E-state index is -0.509. The SMILES string of the molecule is COc1cccc([C@@H]2c3c(oc4cc(C)c(C)cc4c3=O)C(=O)N2CCN(C)C)c1. The number of benzene rings is 2. The number of methoxy groups -OCH3 is 1. The number of fused-ring (bicyclic) bond motifs is 2. The predicted octanol–water partition coefficient (Wildman–Crippen LogP) is 3.53. The molecule has 0 saturated carbocycles. The van der Waals surface area contributed by atoms with Gasteiger partial charge in [0.2, 0.25) is 5.76 Å². The first-order valence-corrected chi connectivity index (χ1v) is 9.99. The summed E-state index contributed by atoms with van der Waals surface area (Å²) in [4.78, 5) is 30.6. The molecule has 6 heteroatoms. The summed E-state index contributed by atoms with van der Waals surface area (Å²) in [6.07, 6.45) is 0. The van der Waals surface area contributed by atoms with Gasteiger partial charge in [-0.3, -0.25) is 9.59 Å². The Kier molecular flexibility index (Phi) is 5.12. The van der Waals surface area contributed by atoms with Crippen molar-refractivity contribution >= 4 is 16.9 Å². The number of carbonyl (C=O) groups excluding carboxylic acids is 1. The van der Waals surface area contributed by atoms with E-state index in [-0.39, 0.29) is 17.1 Å². The van der Waals surface area contributed by atoms with Crippen molar-refractivity contribution in [2.45, 2.75) is 19.9 Å². The van der Waals surface area contributed by atoms with Gasteiger partial charge >= 0.3 is 0 Å².